The van der Waals surface area contributed by atoms with Crippen molar-refractivity contribution in [2.75, 3.05) is 6.54 Å². The molecule has 2 saturated carbocycles. The summed E-state index contributed by atoms with van der Waals surface area (Å²) in [6.07, 6.45) is 5.25. The lowest BCUT2D eigenvalue weighted by molar-refractivity contribution is -0.141. The highest BCUT2D eigenvalue weighted by Gasteiger charge is 2.40. The Balaban J connectivity index is 1.38. The van der Waals surface area contributed by atoms with E-state index in [4.69, 9.17) is 16.3 Å². The lowest BCUT2D eigenvalue weighted by atomic mass is 9.76. The lowest BCUT2D eigenvalue weighted by Gasteiger charge is -2.35. The first-order chi connectivity index (χ1) is 23.4. The molecule has 3 fully saturated rings. The molecule has 4 N–H and O–H groups in total. The zero-order valence-electron chi connectivity index (χ0n) is 28.1. The number of hydrogen-bond donors (Lipinski definition) is 4. The van der Waals surface area contributed by atoms with E-state index in [-0.39, 0.29) is 24.3 Å². The van der Waals surface area contributed by atoms with Crippen molar-refractivity contribution in [2.45, 2.75) is 108 Å². The molecule has 1 aliphatic heterocycles. The molecule has 4 atom stereocenters. The van der Waals surface area contributed by atoms with Crippen molar-refractivity contribution in [3.05, 3.63) is 70.5 Å². The number of amides is 4. The van der Waals surface area contributed by atoms with Crippen LogP contribution in [0, 0.1) is 17.7 Å². The molecule has 0 bridgehead atoms. The highest BCUT2D eigenvalue weighted by atomic mass is 35.5. The van der Waals surface area contributed by atoms with Crippen molar-refractivity contribution < 1.29 is 33.1 Å². The van der Waals surface area contributed by atoms with Gasteiger partial charge >= 0.3 is 6.09 Å². The minimum absolute atomic E-state index is 0.0371. The number of ether oxygens (including phenoxy) is 1. The maximum absolute atomic E-state index is 14.5. The fourth-order valence-electron chi connectivity index (χ4n) is 6.91. The number of hydrogen-bond acceptors (Lipinski definition) is 6. The molecule has 0 radical (unpaired) electrons. The summed E-state index contributed by atoms with van der Waals surface area (Å²) in [5.41, 5.74) is 0.279. The predicted molar refractivity (Wildman–Crippen MR) is 182 cm³/mol. The van der Waals surface area contributed by atoms with Crippen molar-refractivity contribution in [1.29, 1.82) is 0 Å². The lowest BCUT2D eigenvalue weighted by Crippen LogP contribution is -2.55. The van der Waals surface area contributed by atoms with E-state index in [1.54, 1.807) is 24.3 Å². The monoisotopic (exact) mass is 696 g/mol. The van der Waals surface area contributed by atoms with Crippen LogP contribution in [0.4, 0.5) is 9.18 Å². The van der Waals surface area contributed by atoms with Crippen molar-refractivity contribution in [3.63, 3.8) is 0 Å². The number of carbonyl (C=O) groups is 5. The first kappa shape index (κ1) is 36.3. The SMILES string of the molecule is CC(C)(c1cccc(Cl)c1)C(OC(=O)NC(CC1CCCCC1)C(=O)NC(CC1CCNC1=O)C(=O)C(=O)NC1CC1)c1cccc(F)c1. The number of benzene rings is 2. The first-order valence-electron chi connectivity index (χ1n) is 17.3. The molecule has 2 aromatic rings. The van der Waals surface area contributed by atoms with Gasteiger partial charge in [0, 0.05) is 28.9 Å². The van der Waals surface area contributed by atoms with Crippen LogP contribution in [0.1, 0.15) is 95.3 Å². The summed E-state index contributed by atoms with van der Waals surface area (Å²) >= 11 is 6.31. The Kier molecular flexibility index (Phi) is 12.0. The van der Waals surface area contributed by atoms with E-state index < -0.39 is 59.0 Å². The third-order valence-electron chi connectivity index (χ3n) is 9.96. The molecule has 12 heteroatoms. The van der Waals surface area contributed by atoms with Crippen LogP contribution >= 0.6 is 11.6 Å². The Labute approximate surface area is 291 Å². The Hall–Kier alpha value is -3.99. The molecule has 0 aromatic heterocycles. The van der Waals surface area contributed by atoms with Crippen LogP contribution in [0.5, 0.6) is 0 Å². The minimum Gasteiger partial charge on any atom is -0.440 e. The smallest absolute Gasteiger partial charge is 0.408 e. The quantitative estimate of drug-likeness (QED) is 0.194. The van der Waals surface area contributed by atoms with E-state index in [1.165, 1.54) is 18.2 Å². The van der Waals surface area contributed by atoms with E-state index in [2.05, 4.69) is 21.3 Å². The first-order valence-corrected chi connectivity index (χ1v) is 17.7. The van der Waals surface area contributed by atoms with Gasteiger partial charge in [-0.15, -0.1) is 0 Å². The minimum atomic E-state index is -1.26. The van der Waals surface area contributed by atoms with E-state index in [0.717, 1.165) is 50.5 Å². The molecule has 2 aromatic carbocycles. The molecule has 1 saturated heterocycles. The normalized spacial score (nSPS) is 20.0. The zero-order chi connectivity index (χ0) is 35.1. The van der Waals surface area contributed by atoms with Gasteiger partial charge in [-0.1, -0.05) is 81.8 Å². The molecule has 10 nitrogen and oxygen atoms in total. The number of rotatable bonds is 14. The molecule has 3 aliphatic rings. The second-order valence-electron chi connectivity index (χ2n) is 14.2. The van der Waals surface area contributed by atoms with Gasteiger partial charge in [0.2, 0.25) is 17.6 Å². The van der Waals surface area contributed by atoms with Crippen LogP contribution in [0.3, 0.4) is 0 Å². The van der Waals surface area contributed by atoms with E-state index >= 15 is 0 Å². The van der Waals surface area contributed by atoms with E-state index in [1.807, 2.05) is 19.9 Å². The van der Waals surface area contributed by atoms with Crippen LogP contribution < -0.4 is 21.3 Å². The van der Waals surface area contributed by atoms with Gasteiger partial charge in [0.1, 0.15) is 18.0 Å². The molecule has 49 heavy (non-hydrogen) atoms. The van der Waals surface area contributed by atoms with E-state index in [9.17, 15) is 28.4 Å². The molecule has 2 aliphatic carbocycles. The molecular formula is C37H46ClFN4O6. The number of Topliss-reactive ketones (excluding diaryl/α,β-unsaturated/α-hetero) is 1. The molecular weight excluding hydrogens is 651 g/mol. The summed E-state index contributed by atoms with van der Waals surface area (Å²) in [6.45, 7) is 4.16. The van der Waals surface area contributed by atoms with Gasteiger partial charge in [-0.05, 0) is 73.4 Å². The number of halogens is 2. The van der Waals surface area contributed by atoms with Crippen molar-refractivity contribution in [1.82, 2.24) is 21.3 Å². The van der Waals surface area contributed by atoms with Crippen molar-refractivity contribution >= 4 is 41.2 Å². The van der Waals surface area contributed by atoms with Crippen LogP contribution in [0.2, 0.25) is 5.02 Å². The Morgan fingerprint density at radius 2 is 1.67 bits per heavy atom. The average Bonchev–Trinajstić information content (AvgIpc) is 3.80. The summed E-state index contributed by atoms with van der Waals surface area (Å²) in [4.78, 5) is 66.4. The number of ketones is 1. The largest absolute Gasteiger partial charge is 0.440 e. The fraction of sp³-hybridized carbons (Fsp3) is 0.541. The van der Waals surface area contributed by atoms with Crippen LogP contribution in [0.15, 0.2) is 48.5 Å². The summed E-state index contributed by atoms with van der Waals surface area (Å²) in [5.74, 6) is -3.41. The number of nitrogens with one attached hydrogen (secondary N) is 4. The summed E-state index contributed by atoms with van der Waals surface area (Å²) < 4.78 is 20.5. The maximum Gasteiger partial charge on any atom is 0.408 e. The third-order valence-corrected chi connectivity index (χ3v) is 10.2. The second kappa shape index (κ2) is 16.1. The molecule has 4 amide bonds. The standard InChI is InChI=1S/C37H46ClFN4O6/c1-37(2,25-11-7-12-26(38)21-25)32(23-10-6-13-27(39)19-23)49-36(48)43-30(18-22-8-4-3-5-9-22)34(46)42-29(20-24-16-17-40-33(24)45)31(44)35(47)41-28-14-15-28/h6-7,10-13,19,21-22,24,28-30,32H,3-5,8-9,14-18,20H2,1-2H3,(H,40,45)(H,41,47)(H,42,46)(H,43,48). The van der Waals surface area contributed by atoms with Gasteiger partial charge in [-0.25, -0.2) is 9.18 Å². The highest BCUT2D eigenvalue weighted by molar-refractivity contribution is 6.38. The predicted octanol–water partition coefficient (Wildman–Crippen LogP) is 5.42. The summed E-state index contributed by atoms with van der Waals surface area (Å²) in [5, 5.41) is 11.4. The second-order valence-corrected chi connectivity index (χ2v) is 14.6. The number of carbonyl (C=O) groups excluding carboxylic acids is 5. The van der Waals surface area contributed by atoms with Crippen molar-refractivity contribution in [2.24, 2.45) is 11.8 Å². The average molecular weight is 697 g/mol. The van der Waals surface area contributed by atoms with Crippen LogP contribution in [0.25, 0.3) is 0 Å². The summed E-state index contributed by atoms with van der Waals surface area (Å²) in [6, 6.07) is 10.5. The molecule has 5 rings (SSSR count). The Morgan fingerprint density at radius 1 is 0.939 bits per heavy atom. The van der Waals surface area contributed by atoms with Crippen LogP contribution in [-0.2, 0) is 29.3 Å². The molecule has 4 unspecified atom stereocenters. The topological polar surface area (TPSA) is 143 Å². The molecule has 264 valence electrons. The summed E-state index contributed by atoms with van der Waals surface area (Å²) in [7, 11) is 0. The zero-order valence-corrected chi connectivity index (χ0v) is 28.8. The van der Waals surface area contributed by atoms with Gasteiger partial charge in [0.15, 0.2) is 0 Å². The van der Waals surface area contributed by atoms with Crippen LogP contribution in [-0.4, -0.2) is 54.3 Å². The van der Waals surface area contributed by atoms with Gasteiger partial charge in [-0.3, -0.25) is 19.2 Å². The Morgan fingerprint density at radius 3 is 2.33 bits per heavy atom. The van der Waals surface area contributed by atoms with E-state index in [0.29, 0.717) is 30.0 Å². The Bertz CT molecular complexity index is 1540. The highest BCUT2D eigenvalue weighted by Crippen LogP contribution is 2.41. The number of alkyl carbamates (subject to hydrolysis) is 1. The third kappa shape index (κ3) is 9.80. The fourth-order valence-corrected chi connectivity index (χ4v) is 7.10. The molecule has 0 spiro atoms. The van der Waals surface area contributed by atoms with Gasteiger partial charge in [-0.2, -0.15) is 0 Å². The molecule has 1 heterocycles. The van der Waals surface area contributed by atoms with Gasteiger partial charge < -0.3 is 26.0 Å². The maximum atomic E-state index is 14.5. The van der Waals surface area contributed by atoms with Crippen molar-refractivity contribution in [3.8, 4) is 0 Å². The van der Waals surface area contributed by atoms with Gasteiger partial charge in [0.25, 0.3) is 5.91 Å². The van der Waals surface area contributed by atoms with Gasteiger partial charge in [0.05, 0.1) is 6.04 Å².